The Hall–Kier alpha value is -3.55. The molecular formula is C26H25N3O3S. The van der Waals surface area contributed by atoms with Crippen LogP contribution in [0.25, 0.3) is 10.8 Å². The number of hydrogen-bond donors (Lipinski definition) is 2. The van der Waals surface area contributed by atoms with Crippen molar-refractivity contribution in [1.82, 2.24) is 0 Å². The fraction of sp³-hybridized carbons (Fsp3) is 0.154. The normalized spacial score (nSPS) is 12.0. The fourth-order valence-electron chi connectivity index (χ4n) is 3.87. The van der Waals surface area contributed by atoms with Crippen LogP contribution in [0.5, 0.6) is 0 Å². The first kappa shape index (κ1) is 22.6. The van der Waals surface area contributed by atoms with Crippen molar-refractivity contribution < 1.29 is 13.0 Å². The molecule has 0 fully saturated rings. The van der Waals surface area contributed by atoms with Crippen molar-refractivity contribution in [3.63, 3.8) is 0 Å². The molecule has 3 N–H and O–H groups in total. The average Bonchev–Trinajstić information content (AvgIpc) is 2.75. The Morgan fingerprint density at radius 2 is 1.58 bits per heavy atom. The van der Waals surface area contributed by atoms with E-state index in [1.165, 1.54) is 6.07 Å². The molecule has 0 radical (unpaired) electrons. The Balaban J connectivity index is 1.75. The van der Waals surface area contributed by atoms with Crippen molar-refractivity contribution in [1.29, 1.82) is 0 Å². The molecule has 33 heavy (non-hydrogen) atoms. The molecule has 0 heterocycles. The van der Waals surface area contributed by atoms with Gasteiger partial charge < -0.3 is 5.73 Å². The van der Waals surface area contributed by atoms with Crippen LogP contribution >= 0.6 is 0 Å². The number of nitrogens with zero attached hydrogens (tertiary/aromatic N) is 2. The van der Waals surface area contributed by atoms with E-state index >= 15 is 0 Å². The summed E-state index contributed by atoms with van der Waals surface area (Å²) in [6.45, 7) is 5.66. The van der Waals surface area contributed by atoms with Crippen LogP contribution in [0.3, 0.4) is 0 Å². The maximum Gasteiger partial charge on any atom is 0.294 e. The number of azo groups is 1. The Morgan fingerprint density at radius 1 is 0.848 bits per heavy atom. The summed E-state index contributed by atoms with van der Waals surface area (Å²) in [5.41, 5.74) is 12.4. The minimum Gasteiger partial charge on any atom is -0.397 e. The average molecular weight is 460 g/mol. The van der Waals surface area contributed by atoms with Gasteiger partial charge in [-0.05, 0) is 67.5 Å². The lowest BCUT2D eigenvalue weighted by Gasteiger charge is -2.10. The lowest BCUT2D eigenvalue weighted by molar-refractivity contribution is 0.482. The molecule has 168 valence electrons. The van der Waals surface area contributed by atoms with Gasteiger partial charge in [0, 0.05) is 5.39 Å². The van der Waals surface area contributed by atoms with Crippen LogP contribution in [0.4, 0.5) is 17.1 Å². The molecule has 6 nitrogen and oxygen atoms in total. The van der Waals surface area contributed by atoms with E-state index in [0.29, 0.717) is 29.0 Å². The van der Waals surface area contributed by atoms with E-state index in [1.54, 1.807) is 13.0 Å². The highest BCUT2D eigenvalue weighted by molar-refractivity contribution is 7.85. The number of rotatable bonds is 5. The van der Waals surface area contributed by atoms with Crippen molar-refractivity contribution >= 4 is 38.0 Å². The van der Waals surface area contributed by atoms with Gasteiger partial charge in [0.15, 0.2) is 0 Å². The highest BCUT2D eigenvalue weighted by Crippen LogP contribution is 2.35. The smallest absolute Gasteiger partial charge is 0.294 e. The number of benzene rings is 4. The summed E-state index contributed by atoms with van der Waals surface area (Å²) in [5.74, 6) is 0. The number of anilines is 1. The van der Waals surface area contributed by atoms with Gasteiger partial charge in [-0.3, -0.25) is 4.55 Å². The molecule has 0 aliphatic carbocycles. The quantitative estimate of drug-likeness (QED) is 0.199. The van der Waals surface area contributed by atoms with E-state index in [1.807, 2.05) is 62.4 Å². The fourth-order valence-corrected chi connectivity index (χ4v) is 4.65. The van der Waals surface area contributed by atoms with Crippen LogP contribution in [0.2, 0.25) is 0 Å². The van der Waals surface area contributed by atoms with Crippen LogP contribution in [0, 0.1) is 20.8 Å². The number of aryl methyl sites for hydroxylation is 3. The van der Waals surface area contributed by atoms with Gasteiger partial charge in [0.25, 0.3) is 10.1 Å². The van der Waals surface area contributed by atoms with Crippen LogP contribution in [-0.2, 0) is 16.5 Å². The van der Waals surface area contributed by atoms with E-state index in [4.69, 9.17) is 5.73 Å². The lowest BCUT2D eigenvalue weighted by Crippen LogP contribution is -2.02. The minimum absolute atomic E-state index is 0.0883. The van der Waals surface area contributed by atoms with Gasteiger partial charge in [-0.1, -0.05) is 59.7 Å². The SMILES string of the molecule is Cc1ccc(N=Nc2c(N)ccc3cc(C)ccc23)c(Cc2ccc(C)c(S(=O)(=O)O)c2)c1. The van der Waals surface area contributed by atoms with E-state index in [9.17, 15) is 13.0 Å². The standard InChI is InChI=1S/C26H25N3O3S/c1-16-4-9-22-20(12-16)8-10-23(27)26(22)29-28-24-11-5-17(2)13-21(24)14-19-7-6-18(3)25(15-19)33(30,31)32/h4-13,15H,14,27H2,1-3H3,(H,30,31,32). The number of nitrogen functional groups attached to an aromatic ring is 1. The molecule has 0 bridgehead atoms. The Kier molecular flexibility index (Phi) is 6.01. The molecule has 0 saturated heterocycles. The Morgan fingerprint density at radius 3 is 2.33 bits per heavy atom. The summed E-state index contributed by atoms with van der Waals surface area (Å²) in [6, 6.07) is 20.8. The maximum atomic E-state index is 11.7. The van der Waals surface area contributed by atoms with E-state index in [2.05, 4.69) is 16.3 Å². The zero-order chi connectivity index (χ0) is 23.8. The van der Waals surface area contributed by atoms with Crippen LogP contribution in [0.15, 0.2) is 81.9 Å². The number of nitrogens with two attached hydrogens (primary N) is 1. The first-order valence-electron chi connectivity index (χ1n) is 10.5. The van der Waals surface area contributed by atoms with Crippen molar-refractivity contribution in [3.8, 4) is 0 Å². The summed E-state index contributed by atoms with van der Waals surface area (Å²) < 4.78 is 32.9. The van der Waals surface area contributed by atoms with Crippen molar-refractivity contribution in [2.75, 3.05) is 5.73 Å². The summed E-state index contributed by atoms with van der Waals surface area (Å²) in [7, 11) is -4.30. The van der Waals surface area contributed by atoms with Gasteiger partial charge in [0.1, 0.15) is 5.69 Å². The molecule has 4 rings (SSSR count). The molecule has 0 aromatic heterocycles. The Bertz CT molecular complexity index is 1510. The lowest BCUT2D eigenvalue weighted by atomic mass is 10.0. The molecule has 0 amide bonds. The van der Waals surface area contributed by atoms with Crippen molar-refractivity contribution in [3.05, 3.63) is 94.5 Å². The second-order valence-electron chi connectivity index (χ2n) is 8.31. The first-order chi connectivity index (χ1) is 15.6. The molecule has 7 heteroatoms. The second-order valence-corrected chi connectivity index (χ2v) is 9.70. The zero-order valence-electron chi connectivity index (χ0n) is 18.7. The van der Waals surface area contributed by atoms with Gasteiger partial charge in [-0.2, -0.15) is 13.5 Å². The maximum absolute atomic E-state index is 11.7. The highest BCUT2D eigenvalue weighted by Gasteiger charge is 2.15. The zero-order valence-corrected chi connectivity index (χ0v) is 19.5. The van der Waals surface area contributed by atoms with Gasteiger partial charge in [-0.25, -0.2) is 0 Å². The number of fused-ring (bicyclic) bond motifs is 1. The molecule has 0 atom stereocenters. The van der Waals surface area contributed by atoms with Gasteiger partial charge >= 0.3 is 0 Å². The molecular weight excluding hydrogens is 434 g/mol. The second kappa shape index (κ2) is 8.77. The van der Waals surface area contributed by atoms with Crippen LogP contribution in [-0.4, -0.2) is 13.0 Å². The topological polar surface area (TPSA) is 105 Å². The molecule has 0 aliphatic rings. The number of hydrogen-bond acceptors (Lipinski definition) is 5. The van der Waals surface area contributed by atoms with Gasteiger partial charge in [-0.15, -0.1) is 5.11 Å². The van der Waals surface area contributed by atoms with E-state index in [-0.39, 0.29) is 4.90 Å². The summed E-state index contributed by atoms with van der Waals surface area (Å²) in [6.07, 6.45) is 0.434. The largest absolute Gasteiger partial charge is 0.397 e. The van der Waals surface area contributed by atoms with Gasteiger partial charge in [0.2, 0.25) is 0 Å². The third kappa shape index (κ3) is 4.94. The molecule has 0 saturated carbocycles. The molecule has 4 aromatic carbocycles. The predicted molar refractivity (Wildman–Crippen MR) is 132 cm³/mol. The third-order valence-electron chi connectivity index (χ3n) is 5.60. The minimum atomic E-state index is -4.30. The highest BCUT2D eigenvalue weighted by atomic mass is 32.2. The van der Waals surface area contributed by atoms with Crippen LogP contribution < -0.4 is 5.73 Å². The first-order valence-corrected chi connectivity index (χ1v) is 11.9. The van der Waals surface area contributed by atoms with Gasteiger partial charge in [0.05, 0.1) is 16.3 Å². The van der Waals surface area contributed by atoms with E-state index < -0.39 is 10.1 Å². The molecule has 4 aromatic rings. The molecule has 0 aliphatic heterocycles. The molecule has 0 unspecified atom stereocenters. The summed E-state index contributed by atoms with van der Waals surface area (Å²) in [5, 5.41) is 11.0. The monoisotopic (exact) mass is 459 g/mol. The summed E-state index contributed by atoms with van der Waals surface area (Å²) >= 11 is 0. The van der Waals surface area contributed by atoms with Crippen LogP contribution in [0.1, 0.15) is 27.8 Å². The van der Waals surface area contributed by atoms with Crippen molar-refractivity contribution in [2.45, 2.75) is 32.1 Å². The Labute approximate surface area is 193 Å². The van der Waals surface area contributed by atoms with Crippen molar-refractivity contribution in [2.24, 2.45) is 10.2 Å². The van der Waals surface area contributed by atoms with E-state index in [0.717, 1.165) is 33.0 Å². The third-order valence-corrected chi connectivity index (χ3v) is 6.59. The summed E-state index contributed by atoms with van der Waals surface area (Å²) in [4.78, 5) is -0.0883. The molecule has 0 spiro atoms. The predicted octanol–water partition coefficient (Wildman–Crippen LogP) is 6.60.